The molecule has 0 aliphatic rings. The number of hydrogen-bond donors (Lipinski definition) is 3. The van der Waals surface area contributed by atoms with E-state index in [0.717, 1.165) is 34.4 Å². The lowest BCUT2D eigenvalue weighted by Crippen LogP contribution is -2.39. The number of hydrogen-bond acceptors (Lipinski definition) is 6. The van der Waals surface area contributed by atoms with Crippen molar-refractivity contribution in [2.24, 2.45) is 0 Å². The second kappa shape index (κ2) is 8.60. The van der Waals surface area contributed by atoms with Crippen LogP contribution in [0.1, 0.15) is 17.2 Å². The Hall–Kier alpha value is -2.67. The predicted molar refractivity (Wildman–Crippen MR) is 103 cm³/mol. The number of benzene rings is 2. The molecule has 1 heterocycles. The van der Waals surface area contributed by atoms with E-state index in [9.17, 15) is 26.4 Å². The Morgan fingerprint density at radius 1 is 1.13 bits per heavy atom. The second-order valence-electron chi connectivity index (χ2n) is 6.20. The standard InChI is InChI=1S/C18H15F3N2O5S2/c19-18(20,21)28-14-4-2-12(3-5-14)16(17(24)22-25)23-30(26,27)10-11-1-6-15-13(9-11)7-8-29-15/h1-9,16,23,25H,10H2,(H,22,24). The smallest absolute Gasteiger partial charge is 0.406 e. The van der Waals surface area contributed by atoms with Crippen molar-refractivity contribution in [3.63, 3.8) is 0 Å². The van der Waals surface area contributed by atoms with Crippen LogP contribution in [-0.4, -0.2) is 25.9 Å². The van der Waals surface area contributed by atoms with Crippen LogP contribution in [0.5, 0.6) is 5.75 Å². The molecule has 3 aromatic rings. The third-order valence-corrected chi connectivity index (χ3v) is 6.20. The van der Waals surface area contributed by atoms with E-state index < -0.39 is 39.8 Å². The Balaban J connectivity index is 1.80. The van der Waals surface area contributed by atoms with E-state index in [1.54, 1.807) is 18.2 Å². The number of sulfonamides is 1. The maximum absolute atomic E-state index is 12.6. The van der Waals surface area contributed by atoms with Gasteiger partial charge in [-0.3, -0.25) is 10.0 Å². The summed E-state index contributed by atoms with van der Waals surface area (Å²) in [5.41, 5.74) is 1.83. The minimum Gasteiger partial charge on any atom is -0.406 e. The van der Waals surface area contributed by atoms with Gasteiger partial charge in [-0.1, -0.05) is 18.2 Å². The first-order valence-corrected chi connectivity index (χ1v) is 10.9. The van der Waals surface area contributed by atoms with Gasteiger partial charge < -0.3 is 4.74 Å². The molecule has 0 spiro atoms. The van der Waals surface area contributed by atoms with E-state index in [-0.39, 0.29) is 5.56 Å². The highest BCUT2D eigenvalue weighted by Crippen LogP contribution is 2.26. The summed E-state index contributed by atoms with van der Waals surface area (Å²) in [6.07, 6.45) is -4.89. The van der Waals surface area contributed by atoms with Gasteiger partial charge in [0.2, 0.25) is 10.0 Å². The first-order valence-electron chi connectivity index (χ1n) is 8.32. The molecule has 0 saturated heterocycles. The van der Waals surface area contributed by atoms with E-state index >= 15 is 0 Å². The highest BCUT2D eigenvalue weighted by atomic mass is 32.2. The van der Waals surface area contributed by atoms with E-state index in [0.29, 0.717) is 5.56 Å². The Kier molecular flexibility index (Phi) is 6.31. The van der Waals surface area contributed by atoms with Gasteiger partial charge in [0, 0.05) is 4.70 Å². The number of hydroxylamine groups is 1. The zero-order valence-electron chi connectivity index (χ0n) is 15.0. The van der Waals surface area contributed by atoms with Crippen LogP contribution >= 0.6 is 11.3 Å². The van der Waals surface area contributed by atoms with Gasteiger partial charge in [-0.2, -0.15) is 4.72 Å². The van der Waals surface area contributed by atoms with E-state index in [2.05, 4.69) is 9.46 Å². The van der Waals surface area contributed by atoms with Crippen LogP contribution in [0.3, 0.4) is 0 Å². The summed E-state index contributed by atoms with van der Waals surface area (Å²) in [5, 5.41) is 11.7. The largest absolute Gasteiger partial charge is 0.573 e. The van der Waals surface area contributed by atoms with Crippen molar-refractivity contribution in [2.75, 3.05) is 0 Å². The number of carbonyl (C=O) groups excluding carboxylic acids is 1. The van der Waals surface area contributed by atoms with E-state index in [1.165, 1.54) is 16.8 Å². The third kappa shape index (κ3) is 5.69. The van der Waals surface area contributed by atoms with Crippen molar-refractivity contribution in [3.8, 4) is 5.75 Å². The van der Waals surface area contributed by atoms with E-state index in [1.807, 2.05) is 11.4 Å². The SMILES string of the molecule is O=C(NO)C(NS(=O)(=O)Cc1ccc2sccc2c1)c1ccc(OC(F)(F)F)cc1. The second-order valence-corrected chi connectivity index (χ2v) is 8.90. The molecule has 3 rings (SSSR count). The third-order valence-electron chi connectivity index (χ3n) is 3.99. The average molecular weight is 460 g/mol. The Bertz CT molecular complexity index is 1140. The summed E-state index contributed by atoms with van der Waals surface area (Å²) in [7, 11) is -4.06. The van der Waals surface area contributed by atoms with Crippen LogP contribution in [0.4, 0.5) is 13.2 Å². The molecule has 7 nitrogen and oxygen atoms in total. The summed E-state index contributed by atoms with van der Waals surface area (Å²) in [6.45, 7) is 0. The maximum atomic E-state index is 12.6. The molecule has 2 aromatic carbocycles. The molecular weight excluding hydrogens is 445 g/mol. The molecular formula is C18H15F3N2O5S2. The van der Waals surface area contributed by atoms with Gasteiger partial charge >= 0.3 is 6.36 Å². The highest BCUT2D eigenvalue weighted by Gasteiger charge is 2.31. The normalized spacial score (nSPS) is 13.2. The summed E-state index contributed by atoms with van der Waals surface area (Å²) < 4.78 is 68.9. The number of alkyl halides is 3. The quantitative estimate of drug-likeness (QED) is 0.370. The lowest BCUT2D eigenvalue weighted by atomic mass is 10.1. The molecule has 0 fully saturated rings. The van der Waals surface area contributed by atoms with Crippen LogP contribution in [0.2, 0.25) is 0 Å². The number of rotatable bonds is 7. The summed E-state index contributed by atoms with van der Waals surface area (Å²) in [5.74, 6) is -2.08. The van der Waals surface area contributed by atoms with Crippen molar-refractivity contribution in [3.05, 3.63) is 65.0 Å². The van der Waals surface area contributed by atoms with Gasteiger partial charge in [-0.25, -0.2) is 13.9 Å². The van der Waals surface area contributed by atoms with Gasteiger partial charge in [0.15, 0.2) is 0 Å². The molecule has 160 valence electrons. The number of amides is 1. The van der Waals surface area contributed by atoms with Crippen LogP contribution in [0.25, 0.3) is 10.1 Å². The van der Waals surface area contributed by atoms with Gasteiger partial charge in [0.05, 0.1) is 5.75 Å². The van der Waals surface area contributed by atoms with Crippen LogP contribution < -0.4 is 14.9 Å². The van der Waals surface area contributed by atoms with Crippen molar-refractivity contribution in [1.29, 1.82) is 0 Å². The van der Waals surface area contributed by atoms with Crippen LogP contribution in [0.15, 0.2) is 53.9 Å². The summed E-state index contributed by atoms with van der Waals surface area (Å²) in [6, 6.07) is 9.43. The monoisotopic (exact) mass is 460 g/mol. The number of fused-ring (bicyclic) bond motifs is 1. The first-order chi connectivity index (χ1) is 14.1. The fourth-order valence-electron chi connectivity index (χ4n) is 2.75. The number of nitrogens with one attached hydrogen (secondary N) is 2. The maximum Gasteiger partial charge on any atom is 0.573 e. The fraction of sp³-hybridized carbons (Fsp3) is 0.167. The predicted octanol–water partition coefficient (Wildman–Crippen LogP) is 3.47. The van der Waals surface area contributed by atoms with Crippen molar-refractivity contribution >= 4 is 37.4 Å². The minimum absolute atomic E-state index is 0.00735. The molecule has 30 heavy (non-hydrogen) atoms. The molecule has 0 radical (unpaired) electrons. The topological polar surface area (TPSA) is 105 Å². The zero-order chi connectivity index (χ0) is 21.9. The van der Waals surface area contributed by atoms with Crippen molar-refractivity contribution < 1.29 is 36.3 Å². The van der Waals surface area contributed by atoms with Gasteiger partial charge in [0.1, 0.15) is 11.8 Å². The van der Waals surface area contributed by atoms with Crippen LogP contribution in [-0.2, 0) is 20.6 Å². The Morgan fingerprint density at radius 2 is 1.83 bits per heavy atom. The molecule has 1 aromatic heterocycles. The fourth-order valence-corrected chi connectivity index (χ4v) is 4.82. The minimum atomic E-state index is -4.89. The molecule has 0 saturated carbocycles. The summed E-state index contributed by atoms with van der Waals surface area (Å²) in [4.78, 5) is 12.0. The number of ether oxygens (including phenoxy) is 1. The number of thiophene rings is 1. The highest BCUT2D eigenvalue weighted by molar-refractivity contribution is 7.88. The average Bonchev–Trinajstić information content (AvgIpc) is 3.12. The summed E-state index contributed by atoms with van der Waals surface area (Å²) >= 11 is 1.51. The zero-order valence-corrected chi connectivity index (χ0v) is 16.6. The molecule has 1 atom stereocenters. The number of carbonyl (C=O) groups is 1. The molecule has 1 unspecified atom stereocenters. The molecule has 12 heteroatoms. The molecule has 1 amide bonds. The van der Waals surface area contributed by atoms with Gasteiger partial charge in [0.25, 0.3) is 5.91 Å². The lowest BCUT2D eigenvalue weighted by molar-refractivity contribution is -0.274. The molecule has 0 bridgehead atoms. The molecule has 3 N–H and O–H groups in total. The first kappa shape index (κ1) is 22.0. The van der Waals surface area contributed by atoms with Gasteiger partial charge in [-0.15, -0.1) is 24.5 Å². The molecule has 0 aliphatic carbocycles. The van der Waals surface area contributed by atoms with Gasteiger partial charge in [-0.05, 0) is 52.2 Å². The Labute approximate surface area is 173 Å². The lowest BCUT2D eigenvalue weighted by Gasteiger charge is -2.18. The van der Waals surface area contributed by atoms with Crippen molar-refractivity contribution in [2.45, 2.75) is 18.2 Å². The van der Waals surface area contributed by atoms with Crippen molar-refractivity contribution in [1.82, 2.24) is 10.2 Å². The van der Waals surface area contributed by atoms with Crippen LogP contribution in [0, 0.1) is 0 Å². The molecule has 0 aliphatic heterocycles. The van der Waals surface area contributed by atoms with E-state index in [4.69, 9.17) is 5.21 Å². The number of halogens is 3. The Morgan fingerprint density at radius 3 is 2.47 bits per heavy atom.